The number of hydrogen-bond donors (Lipinski definition) is 2. The molecule has 3 nitrogen and oxygen atoms in total. The molecule has 0 amide bonds. The molecule has 3 N–H and O–H groups in total. The van der Waals surface area contributed by atoms with Gasteiger partial charge in [0.2, 0.25) is 0 Å². The van der Waals surface area contributed by atoms with E-state index in [2.05, 4.69) is 25.3 Å². The summed E-state index contributed by atoms with van der Waals surface area (Å²) in [5.74, 6) is 0. The van der Waals surface area contributed by atoms with Crippen LogP contribution in [0.1, 0.15) is 13.3 Å². The normalized spacial score (nSPS) is 12.0. The molecule has 4 heteroatoms. The predicted octanol–water partition coefficient (Wildman–Crippen LogP) is 1.17. The molecule has 0 fully saturated rings. The summed E-state index contributed by atoms with van der Waals surface area (Å²) in [5.41, 5.74) is 5.37. The lowest BCUT2D eigenvalue weighted by atomic mass is 10.5. The maximum absolute atomic E-state index is 5.72. The average molecular weight is 204 g/mol. The van der Waals surface area contributed by atoms with Crippen LogP contribution in [0, 0.1) is 0 Å². The van der Waals surface area contributed by atoms with Crippen LogP contribution in [0.4, 0.5) is 0 Å². The third-order valence-electron chi connectivity index (χ3n) is 1.99. The molecule has 80 valence electrons. The van der Waals surface area contributed by atoms with E-state index >= 15 is 0 Å². The summed E-state index contributed by atoms with van der Waals surface area (Å²) in [6, 6.07) is 1.23. The van der Waals surface area contributed by atoms with Gasteiger partial charge in [-0.15, -0.1) is 0 Å². The van der Waals surface area contributed by atoms with Crippen LogP contribution in [0.15, 0.2) is 0 Å². The first kappa shape index (κ1) is 13.1. The lowest BCUT2D eigenvalue weighted by molar-refractivity contribution is 0.328. The zero-order chi connectivity index (χ0) is 10.2. The SMILES string of the molecule is CCO[Si](C)(C)CCCNCCN. The molecule has 0 saturated carbocycles. The van der Waals surface area contributed by atoms with Crippen LogP contribution in [-0.2, 0) is 4.43 Å². The molecule has 0 heterocycles. The van der Waals surface area contributed by atoms with Gasteiger partial charge in [-0.05, 0) is 39.0 Å². The van der Waals surface area contributed by atoms with E-state index in [1.807, 2.05) is 0 Å². The Morgan fingerprint density at radius 2 is 2.00 bits per heavy atom. The standard InChI is InChI=1S/C9H24N2OSi/c1-4-12-13(2,3)9-5-7-11-8-6-10/h11H,4-10H2,1-3H3. The maximum atomic E-state index is 5.72. The van der Waals surface area contributed by atoms with E-state index in [1.54, 1.807) is 0 Å². The molecular formula is C9H24N2OSi. The third kappa shape index (κ3) is 8.43. The first-order valence-electron chi connectivity index (χ1n) is 5.17. The molecule has 0 aromatic heterocycles. The zero-order valence-electron chi connectivity index (χ0n) is 9.23. The van der Waals surface area contributed by atoms with E-state index < -0.39 is 8.32 Å². The highest BCUT2D eigenvalue weighted by molar-refractivity contribution is 6.71. The molecule has 0 radical (unpaired) electrons. The molecule has 0 aromatic rings. The fourth-order valence-corrected chi connectivity index (χ4v) is 3.28. The molecule has 0 aliphatic rings. The van der Waals surface area contributed by atoms with Crippen LogP contribution in [0.5, 0.6) is 0 Å². The van der Waals surface area contributed by atoms with Crippen molar-refractivity contribution in [1.29, 1.82) is 0 Å². The van der Waals surface area contributed by atoms with E-state index in [-0.39, 0.29) is 0 Å². The fourth-order valence-electron chi connectivity index (χ4n) is 1.33. The second-order valence-electron chi connectivity index (χ2n) is 3.83. The minimum Gasteiger partial charge on any atom is -0.418 e. The number of hydrogen-bond acceptors (Lipinski definition) is 3. The van der Waals surface area contributed by atoms with Crippen LogP contribution in [0.3, 0.4) is 0 Å². The molecular weight excluding hydrogens is 180 g/mol. The molecule has 13 heavy (non-hydrogen) atoms. The van der Waals surface area contributed by atoms with Gasteiger partial charge in [0.15, 0.2) is 8.32 Å². The number of nitrogens with two attached hydrogens (primary N) is 1. The van der Waals surface area contributed by atoms with E-state index in [1.165, 1.54) is 12.5 Å². The highest BCUT2D eigenvalue weighted by Crippen LogP contribution is 2.12. The van der Waals surface area contributed by atoms with Crippen molar-refractivity contribution < 1.29 is 4.43 Å². The van der Waals surface area contributed by atoms with Crippen LogP contribution in [0.25, 0.3) is 0 Å². The first-order valence-corrected chi connectivity index (χ1v) is 8.28. The van der Waals surface area contributed by atoms with Crippen molar-refractivity contribution >= 4 is 8.32 Å². The van der Waals surface area contributed by atoms with Crippen LogP contribution < -0.4 is 11.1 Å². The fraction of sp³-hybridized carbons (Fsp3) is 1.00. The van der Waals surface area contributed by atoms with Gasteiger partial charge in [-0.2, -0.15) is 0 Å². The Hall–Kier alpha value is 0.0969. The Morgan fingerprint density at radius 1 is 1.31 bits per heavy atom. The molecule has 0 spiro atoms. The highest BCUT2D eigenvalue weighted by Gasteiger charge is 2.20. The van der Waals surface area contributed by atoms with Crippen molar-refractivity contribution in [3.8, 4) is 0 Å². The summed E-state index contributed by atoms with van der Waals surface area (Å²) in [6.45, 7) is 10.2. The summed E-state index contributed by atoms with van der Waals surface area (Å²) in [6.07, 6.45) is 1.21. The van der Waals surface area contributed by atoms with E-state index in [0.29, 0.717) is 0 Å². The Balaban J connectivity index is 3.29. The Morgan fingerprint density at radius 3 is 2.54 bits per heavy atom. The first-order chi connectivity index (χ1) is 6.12. The van der Waals surface area contributed by atoms with E-state index in [4.69, 9.17) is 10.2 Å². The molecule has 0 atom stereocenters. The van der Waals surface area contributed by atoms with Gasteiger partial charge in [-0.25, -0.2) is 0 Å². The van der Waals surface area contributed by atoms with Gasteiger partial charge in [0.05, 0.1) is 0 Å². The summed E-state index contributed by atoms with van der Waals surface area (Å²) in [4.78, 5) is 0. The molecule has 0 bridgehead atoms. The largest absolute Gasteiger partial charge is 0.418 e. The summed E-state index contributed by atoms with van der Waals surface area (Å²) >= 11 is 0. The van der Waals surface area contributed by atoms with Crippen molar-refractivity contribution in [1.82, 2.24) is 5.32 Å². The predicted molar refractivity (Wildman–Crippen MR) is 60.5 cm³/mol. The van der Waals surface area contributed by atoms with Crippen LogP contribution >= 0.6 is 0 Å². The molecule has 0 saturated heterocycles. The zero-order valence-corrected chi connectivity index (χ0v) is 10.2. The molecule has 0 aromatic carbocycles. The van der Waals surface area contributed by atoms with Crippen molar-refractivity contribution in [3.63, 3.8) is 0 Å². The maximum Gasteiger partial charge on any atom is 0.186 e. The van der Waals surface area contributed by atoms with Crippen LogP contribution in [-0.4, -0.2) is 34.6 Å². The lowest BCUT2D eigenvalue weighted by Crippen LogP contribution is -2.32. The van der Waals surface area contributed by atoms with E-state index in [0.717, 1.165) is 26.2 Å². The lowest BCUT2D eigenvalue weighted by Gasteiger charge is -2.21. The van der Waals surface area contributed by atoms with E-state index in [9.17, 15) is 0 Å². The van der Waals surface area contributed by atoms with Gasteiger partial charge in [-0.3, -0.25) is 0 Å². The molecule has 0 aliphatic heterocycles. The van der Waals surface area contributed by atoms with Gasteiger partial charge in [-0.1, -0.05) is 0 Å². The van der Waals surface area contributed by atoms with Gasteiger partial charge in [0.1, 0.15) is 0 Å². The second-order valence-corrected chi connectivity index (χ2v) is 8.14. The minimum absolute atomic E-state index is 0.728. The summed E-state index contributed by atoms with van der Waals surface area (Å²) < 4.78 is 5.72. The monoisotopic (exact) mass is 204 g/mol. The smallest absolute Gasteiger partial charge is 0.186 e. The quantitative estimate of drug-likeness (QED) is 0.461. The van der Waals surface area contributed by atoms with Crippen molar-refractivity contribution in [2.75, 3.05) is 26.2 Å². The van der Waals surface area contributed by atoms with Crippen LogP contribution in [0.2, 0.25) is 19.1 Å². The van der Waals surface area contributed by atoms with Gasteiger partial charge >= 0.3 is 0 Å². The highest BCUT2D eigenvalue weighted by atomic mass is 28.4. The molecule has 0 rings (SSSR count). The number of nitrogens with one attached hydrogen (secondary N) is 1. The number of rotatable bonds is 8. The summed E-state index contributed by atoms with van der Waals surface area (Å²) in [5, 5.41) is 3.29. The summed E-state index contributed by atoms with van der Waals surface area (Å²) in [7, 11) is -1.33. The van der Waals surface area contributed by atoms with Gasteiger partial charge in [0, 0.05) is 19.7 Å². The Labute approximate surface area is 83.2 Å². The topological polar surface area (TPSA) is 47.3 Å². The Bertz CT molecular complexity index is 120. The molecule has 0 aliphatic carbocycles. The van der Waals surface area contributed by atoms with Crippen molar-refractivity contribution in [2.24, 2.45) is 5.73 Å². The third-order valence-corrected chi connectivity index (χ3v) is 4.62. The Kier molecular flexibility index (Phi) is 7.55. The van der Waals surface area contributed by atoms with Crippen molar-refractivity contribution in [3.05, 3.63) is 0 Å². The average Bonchev–Trinajstić information content (AvgIpc) is 2.04. The van der Waals surface area contributed by atoms with Gasteiger partial charge in [0.25, 0.3) is 0 Å². The molecule has 0 unspecified atom stereocenters. The second kappa shape index (κ2) is 7.50. The minimum atomic E-state index is -1.33. The van der Waals surface area contributed by atoms with Gasteiger partial charge < -0.3 is 15.5 Å². The van der Waals surface area contributed by atoms with Crippen molar-refractivity contribution in [2.45, 2.75) is 32.5 Å².